The number of sulfone groups is 1. The molecule has 0 aliphatic heterocycles. The Balaban J connectivity index is -0.000000411. The Hall–Kier alpha value is -1.04. The van der Waals surface area contributed by atoms with Crippen molar-refractivity contribution in [3.05, 3.63) is 0 Å². The number of rotatable bonds is 1. The van der Waals surface area contributed by atoms with E-state index in [1.54, 1.807) is 83.1 Å². The molecule has 0 amide bonds. The molecule has 0 N–H and O–H groups in total. The Bertz CT molecular complexity index is 714. The molecule has 0 spiro atoms. The van der Waals surface area contributed by atoms with E-state index in [4.69, 9.17) is 0 Å². The highest BCUT2D eigenvalue weighted by molar-refractivity contribution is 7.94. The third kappa shape index (κ3) is 12.8. The van der Waals surface area contributed by atoms with Crippen LogP contribution in [0.2, 0.25) is 0 Å². The van der Waals surface area contributed by atoms with Crippen LogP contribution in [0.4, 0.5) is 0 Å². The number of Topliss-reactive ketones (excluding diaryl/α,β-unsaturated/α-hetero) is 3. The number of hydrogen-bond donors (Lipinski definition) is 0. The van der Waals surface area contributed by atoms with Crippen LogP contribution >= 0.6 is 0 Å². The topological polar surface area (TPSA) is 85.3 Å². The van der Waals surface area contributed by atoms with Crippen molar-refractivity contribution in [2.75, 3.05) is 0 Å². The average molecular weight is 491 g/mol. The summed E-state index contributed by atoms with van der Waals surface area (Å²) < 4.78 is 22.1. The van der Waals surface area contributed by atoms with Crippen LogP contribution in [0.3, 0.4) is 0 Å². The van der Waals surface area contributed by atoms with Crippen molar-refractivity contribution in [1.29, 1.82) is 0 Å². The molecule has 0 aromatic heterocycles. The Kier molecular flexibility index (Phi) is 12.3. The summed E-state index contributed by atoms with van der Waals surface area (Å²) in [5.74, 6) is -0.245. The van der Waals surface area contributed by atoms with Gasteiger partial charge in [-0.1, -0.05) is 83.1 Å². The van der Waals surface area contributed by atoms with Crippen molar-refractivity contribution in [2.45, 2.75) is 134 Å². The summed E-state index contributed by atoms with van der Waals surface area (Å²) in [5.41, 5.74) is -1.49. The maximum absolute atomic E-state index is 11.7. The van der Waals surface area contributed by atoms with Crippen LogP contribution in [0.1, 0.15) is 125 Å². The molecular formula is C27H54O5S. The number of ketones is 3. The second kappa shape index (κ2) is 11.1. The smallest absolute Gasteiger partial charge is 0.204 e. The summed E-state index contributed by atoms with van der Waals surface area (Å²) in [4.78, 5) is 34.4. The zero-order valence-electron chi connectivity index (χ0n) is 24.9. The third-order valence-electron chi connectivity index (χ3n) is 4.54. The quantitative estimate of drug-likeness (QED) is 0.375. The van der Waals surface area contributed by atoms with Crippen LogP contribution < -0.4 is 0 Å². The first kappa shape index (κ1) is 36.5. The van der Waals surface area contributed by atoms with Crippen molar-refractivity contribution in [2.24, 2.45) is 21.7 Å². The van der Waals surface area contributed by atoms with Gasteiger partial charge in [-0.3, -0.25) is 14.4 Å². The van der Waals surface area contributed by atoms with E-state index in [0.29, 0.717) is 5.78 Å². The van der Waals surface area contributed by atoms with Gasteiger partial charge < -0.3 is 0 Å². The average Bonchev–Trinajstić information content (AvgIpc) is 2.48. The summed E-state index contributed by atoms with van der Waals surface area (Å²) in [5, 5.41) is 0. The van der Waals surface area contributed by atoms with E-state index < -0.39 is 30.2 Å². The van der Waals surface area contributed by atoms with E-state index in [-0.39, 0.29) is 22.4 Å². The largest absolute Gasteiger partial charge is 0.299 e. The predicted octanol–water partition coefficient (Wildman–Crippen LogP) is 6.86. The molecule has 0 heterocycles. The maximum Gasteiger partial charge on any atom is 0.204 e. The van der Waals surface area contributed by atoms with Gasteiger partial charge in [0.1, 0.15) is 5.78 Å². The Morgan fingerprint density at radius 2 is 0.576 bits per heavy atom. The molecule has 0 saturated heterocycles. The number of carbonyl (C=O) groups is 3. The molecule has 0 aliphatic rings. The molecule has 0 unspecified atom stereocenters. The van der Waals surface area contributed by atoms with E-state index in [1.807, 2.05) is 41.5 Å². The highest BCUT2D eigenvalue weighted by atomic mass is 32.2. The molecule has 0 bridgehead atoms. The molecule has 33 heavy (non-hydrogen) atoms. The first-order chi connectivity index (χ1) is 13.7. The van der Waals surface area contributed by atoms with Gasteiger partial charge in [0.25, 0.3) is 0 Å². The molecule has 0 aromatic carbocycles. The fourth-order valence-corrected chi connectivity index (χ4v) is 4.56. The van der Waals surface area contributed by atoms with Crippen molar-refractivity contribution in [3.63, 3.8) is 0 Å². The highest BCUT2D eigenvalue weighted by Crippen LogP contribution is 2.29. The van der Waals surface area contributed by atoms with Gasteiger partial charge in [0.05, 0.1) is 9.49 Å². The molecule has 0 radical (unpaired) electrons. The molecule has 0 fully saturated rings. The zero-order valence-corrected chi connectivity index (χ0v) is 25.8. The normalized spacial score (nSPS) is 13.8. The van der Waals surface area contributed by atoms with Crippen LogP contribution in [0.5, 0.6) is 0 Å². The van der Waals surface area contributed by atoms with Gasteiger partial charge in [-0.25, -0.2) is 8.42 Å². The minimum absolute atomic E-state index is 0.196. The Morgan fingerprint density at radius 3 is 0.606 bits per heavy atom. The van der Waals surface area contributed by atoms with Gasteiger partial charge in [-0.15, -0.1) is 0 Å². The van der Waals surface area contributed by atoms with E-state index in [1.165, 1.54) is 0 Å². The van der Waals surface area contributed by atoms with Gasteiger partial charge in [0.2, 0.25) is 11.6 Å². The summed E-state index contributed by atoms with van der Waals surface area (Å²) >= 11 is 0. The number of hydrogen-bond acceptors (Lipinski definition) is 5. The second-order valence-electron chi connectivity index (χ2n) is 14.7. The van der Waals surface area contributed by atoms with Gasteiger partial charge in [-0.2, -0.15) is 0 Å². The Labute approximate surface area is 205 Å². The lowest BCUT2D eigenvalue weighted by molar-refractivity contribution is -0.145. The van der Waals surface area contributed by atoms with E-state index in [9.17, 15) is 22.8 Å². The summed E-state index contributed by atoms with van der Waals surface area (Å²) in [7, 11) is -3.01. The lowest BCUT2D eigenvalue weighted by Crippen LogP contribution is -2.41. The zero-order chi connectivity index (χ0) is 28.2. The van der Waals surface area contributed by atoms with E-state index >= 15 is 0 Å². The minimum atomic E-state index is -3.01. The fourth-order valence-electron chi connectivity index (χ4n) is 2.72. The lowest BCUT2D eigenvalue weighted by Gasteiger charge is -2.29. The van der Waals surface area contributed by atoms with Crippen LogP contribution in [0.15, 0.2) is 0 Å². The SMILES string of the molecule is CC(C)(C)C(=O)C(=O)C(C)(C)C.CC(C)(C)C(=O)C(C)(C)C.CC(C)(C)S(=O)(=O)C(C)(C)C. The van der Waals surface area contributed by atoms with E-state index in [0.717, 1.165) is 0 Å². The summed E-state index contributed by atoms with van der Waals surface area (Å²) in [6, 6.07) is 0. The van der Waals surface area contributed by atoms with Crippen LogP contribution in [0, 0.1) is 21.7 Å². The molecule has 0 saturated carbocycles. The molecular weight excluding hydrogens is 436 g/mol. The van der Waals surface area contributed by atoms with Crippen LogP contribution in [0.25, 0.3) is 0 Å². The van der Waals surface area contributed by atoms with Crippen molar-refractivity contribution < 1.29 is 22.8 Å². The minimum Gasteiger partial charge on any atom is -0.299 e. The first-order valence-electron chi connectivity index (χ1n) is 11.6. The fraction of sp³-hybridized carbons (Fsp3) is 0.889. The van der Waals surface area contributed by atoms with Crippen molar-refractivity contribution in [3.8, 4) is 0 Å². The second-order valence-corrected chi connectivity index (χ2v) is 18.2. The van der Waals surface area contributed by atoms with Crippen LogP contribution in [-0.4, -0.2) is 35.3 Å². The standard InChI is InChI=1S/C10H18O2.C9H18O.C8H18O2S/c1-9(2,3)7(11)8(12)10(4,5)6;1-8(2,3)7(10)9(4,5)6;1-7(2,3)11(9,10)8(4,5)6/h1-6H3;1-6H3;1-6H3. The molecule has 5 nitrogen and oxygen atoms in total. The highest BCUT2D eigenvalue weighted by Gasteiger charge is 2.39. The van der Waals surface area contributed by atoms with Crippen molar-refractivity contribution >= 4 is 27.2 Å². The molecule has 0 atom stereocenters. The van der Waals surface area contributed by atoms with Crippen LogP contribution in [-0.2, 0) is 24.2 Å². The van der Waals surface area contributed by atoms with Gasteiger partial charge in [0, 0.05) is 21.7 Å². The van der Waals surface area contributed by atoms with E-state index in [2.05, 4.69) is 0 Å². The molecule has 0 rings (SSSR count). The van der Waals surface area contributed by atoms with Crippen molar-refractivity contribution in [1.82, 2.24) is 0 Å². The lowest BCUT2D eigenvalue weighted by atomic mass is 9.76. The molecule has 6 heteroatoms. The molecule has 198 valence electrons. The predicted molar refractivity (Wildman–Crippen MR) is 141 cm³/mol. The summed E-state index contributed by atoms with van der Waals surface area (Å²) in [6.07, 6.45) is 0. The molecule has 0 aliphatic carbocycles. The van der Waals surface area contributed by atoms with Gasteiger partial charge >= 0.3 is 0 Å². The summed E-state index contributed by atoms with van der Waals surface area (Å²) in [6.45, 7) is 32.7. The first-order valence-corrected chi connectivity index (χ1v) is 13.1. The monoisotopic (exact) mass is 490 g/mol. The number of carbonyl (C=O) groups excluding carboxylic acids is 3. The molecule has 0 aromatic rings. The van der Waals surface area contributed by atoms with Gasteiger partial charge in [-0.05, 0) is 41.5 Å². The van der Waals surface area contributed by atoms with Gasteiger partial charge in [0.15, 0.2) is 9.84 Å². The third-order valence-corrected chi connectivity index (χ3v) is 7.77. The Morgan fingerprint density at radius 1 is 0.394 bits per heavy atom. The maximum atomic E-state index is 11.7.